The van der Waals surface area contributed by atoms with Crippen LogP contribution in [0.1, 0.15) is 5.56 Å². The summed E-state index contributed by atoms with van der Waals surface area (Å²) in [5, 5.41) is 0. The zero-order valence-electron chi connectivity index (χ0n) is 12.1. The highest BCUT2D eigenvalue weighted by atomic mass is 32.2. The lowest BCUT2D eigenvalue weighted by Crippen LogP contribution is -2.19. The van der Waals surface area contributed by atoms with E-state index in [4.69, 9.17) is 0 Å². The molecule has 8 heteroatoms. The molecule has 0 aliphatic heterocycles. The smallest absolute Gasteiger partial charge is 0.261 e. The molecule has 0 fully saturated rings. The topological polar surface area (TPSA) is 92.3 Å². The second kappa shape index (κ2) is 6.07. The summed E-state index contributed by atoms with van der Waals surface area (Å²) in [6.07, 6.45) is 0. The molecule has 22 heavy (non-hydrogen) atoms. The van der Waals surface area contributed by atoms with Crippen LogP contribution in [0.15, 0.2) is 58.3 Å². The molecule has 2 N–H and O–H groups in total. The molecule has 0 heterocycles. The van der Waals surface area contributed by atoms with E-state index in [1.807, 2.05) is 6.92 Å². The highest BCUT2D eigenvalue weighted by Crippen LogP contribution is 2.18. The van der Waals surface area contributed by atoms with Gasteiger partial charge < -0.3 is 0 Å². The number of rotatable bonds is 5. The van der Waals surface area contributed by atoms with Crippen molar-refractivity contribution in [3.05, 3.63) is 54.1 Å². The molecule has 0 amide bonds. The van der Waals surface area contributed by atoms with Gasteiger partial charge in [-0.05, 0) is 50.4 Å². The number of hydrogen-bond donors (Lipinski definition) is 2. The summed E-state index contributed by atoms with van der Waals surface area (Å²) in [6, 6.07) is 11.9. The summed E-state index contributed by atoms with van der Waals surface area (Å²) in [4.78, 5) is -0.00702. The highest BCUT2D eigenvalue weighted by molar-refractivity contribution is 7.92. The second-order valence-corrected chi connectivity index (χ2v) is 8.22. The van der Waals surface area contributed by atoms with E-state index >= 15 is 0 Å². The molecule has 0 radical (unpaired) electrons. The van der Waals surface area contributed by atoms with Crippen LogP contribution in [-0.4, -0.2) is 23.9 Å². The predicted molar refractivity (Wildman–Crippen MR) is 84.7 cm³/mol. The summed E-state index contributed by atoms with van der Waals surface area (Å²) in [6.45, 7) is 1.90. The van der Waals surface area contributed by atoms with Gasteiger partial charge in [0.2, 0.25) is 10.0 Å². The van der Waals surface area contributed by atoms with E-state index in [9.17, 15) is 16.8 Å². The molecular weight excluding hydrogens is 324 g/mol. The van der Waals surface area contributed by atoms with Crippen LogP contribution >= 0.6 is 0 Å². The number of aryl methyl sites for hydroxylation is 1. The minimum atomic E-state index is -3.76. The first-order valence-electron chi connectivity index (χ1n) is 6.38. The van der Waals surface area contributed by atoms with Crippen LogP contribution in [0.5, 0.6) is 0 Å². The molecule has 2 rings (SSSR count). The number of anilines is 1. The van der Waals surface area contributed by atoms with Gasteiger partial charge in [0.15, 0.2) is 0 Å². The largest absolute Gasteiger partial charge is 0.280 e. The van der Waals surface area contributed by atoms with Crippen LogP contribution < -0.4 is 9.44 Å². The number of benzene rings is 2. The Bertz CT molecular complexity index is 856. The molecule has 2 aromatic rings. The molecule has 0 unspecified atom stereocenters. The van der Waals surface area contributed by atoms with Gasteiger partial charge in [0.1, 0.15) is 0 Å². The minimum Gasteiger partial charge on any atom is -0.280 e. The molecule has 2 aromatic carbocycles. The van der Waals surface area contributed by atoms with Gasteiger partial charge in [-0.2, -0.15) is 0 Å². The first-order valence-corrected chi connectivity index (χ1v) is 9.34. The quantitative estimate of drug-likeness (QED) is 0.866. The third kappa shape index (κ3) is 3.65. The Morgan fingerprint density at radius 2 is 1.18 bits per heavy atom. The number of sulfonamides is 2. The van der Waals surface area contributed by atoms with Crippen molar-refractivity contribution >= 4 is 25.7 Å². The summed E-state index contributed by atoms with van der Waals surface area (Å²) >= 11 is 0. The lowest BCUT2D eigenvalue weighted by Gasteiger charge is -2.09. The predicted octanol–water partition coefficient (Wildman–Crippen LogP) is 1.70. The van der Waals surface area contributed by atoms with E-state index < -0.39 is 20.0 Å². The molecule has 118 valence electrons. The van der Waals surface area contributed by atoms with Gasteiger partial charge in [-0.1, -0.05) is 17.7 Å². The van der Waals surface area contributed by atoms with Crippen molar-refractivity contribution < 1.29 is 16.8 Å². The van der Waals surface area contributed by atoms with E-state index in [1.165, 1.54) is 31.3 Å². The molecule has 0 saturated carbocycles. The lowest BCUT2D eigenvalue weighted by molar-refractivity contribution is 0.587. The molecule has 0 saturated heterocycles. The van der Waals surface area contributed by atoms with Crippen LogP contribution in [0.25, 0.3) is 0 Å². The van der Waals surface area contributed by atoms with E-state index in [-0.39, 0.29) is 9.79 Å². The van der Waals surface area contributed by atoms with Crippen molar-refractivity contribution in [3.8, 4) is 0 Å². The Labute approximate surface area is 130 Å². The average Bonchev–Trinajstić information content (AvgIpc) is 2.49. The van der Waals surface area contributed by atoms with E-state index in [1.54, 1.807) is 24.3 Å². The Kier molecular flexibility index (Phi) is 4.55. The number of hydrogen-bond acceptors (Lipinski definition) is 4. The van der Waals surface area contributed by atoms with Crippen LogP contribution in [0.3, 0.4) is 0 Å². The van der Waals surface area contributed by atoms with Crippen LogP contribution in [0.2, 0.25) is 0 Å². The zero-order chi connectivity index (χ0) is 16.4. The van der Waals surface area contributed by atoms with E-state index in [2.05, 4.69) is 9.44 Å². The van der Waals surface area contributed by atoms with Gasteiger partial charge in [0.05, 0.1) is 9.79 Å². The number of nitrogens with one attached hydrogen (secondary N) is 2. The maximum Gasteiger partial charge on any atom is 0.261 e. The van der Waals surface area contributed by atoms with Gasteiger partial charge in [-0.3, -0.25) is 4.72 Å². The molecule has 0 spiro atoms. The molecule has 6 nitrogen and oxygen atoms in total. The van der Waals surface area contributed by atoms with Crippen molar-refractivity contribution in [2.24, 2.45) is 0 Å². The van der Waals surface area contributed by atoms with E-state index in [0.29, 0.717) is 5.69 Å². The monoisotopic (exact) mass is 340 g/mol. The maximum atomic E-state index is 12.2. The Hall–Kier alpha value is -1.90. The first-order chi connectivity index (χ1) is 10.2. The summed E-state index contributed by atoms with van der Waals surface area (Å²) in [5.41, 5.74) is 1.46. The highest BCUT2D eigenvalue weighted by Gasteiger charge is 2.16. The van der Waals surface area contributed by atoms with Gasteiger partial charge in [-0.15, -0.1) is 0 Å². The van der Waals surface area contributed by atoms with Crippen molar-refractivity contribution in [2.45, 2.75) is 16.7 Å². The fourth-order valence-electron chi connectivity index (χ4n) is 1.75. The molecule has 0 bridgehead atoms. The summed E-state index contributed by atoms with van der Waals surface area (Å²) in [7, 11) is -6.06. The molecular formula is C14H16N2O4S2. The third-order valence-electron chi connectivity index (χ3n) is 3.02. The normalized spacial score (nSPS) is 12.1. The average molecular weight is 340 g/mol. The summed E-state index contributed by atoms with van der Waals surface area (Å²) in [5.74, 6) is 0. The first kappa shape index (κ1) is 16.5. The van der Waals surface area contributed by atoms with Crippen molar-refractivity contribution in [1.82, 2.24) is 4.72 Å². The molecule has 0 aliphatic carbocycles. The third-order valence-corrected chi connectivity index (χ3v) is 5.84. The van der Waals surface area contributed by atoms with E-state index in [0.717, 1.165) is 5.56 Å². The molecule has 0 atom stereocenters. The maximum absolute atomic E-state index is 12.2. The van der Waals surface area contributed by atoms with Crippen molar-refractivity contribution in [2.75, 3.05) is 11.8 Å². The fourth-order valence-corrected chi connectivity index (χ4v) is 3.54. The van der Waals surface area contributed by atoms with Crippen LogP contribution in [-0.2, 0) is 20.0 Å². The van der Waals surface area contributed by atoms with Crippen molar-refractivity contribution in [1.29, 1.82) is 0 Å². The molecule has 0 aromatic heterocycles. The second-order valence-electron chi connectivity index (χ2n) is 4.65. The van der Waals surface area contributed by atoms with Gasteiger partial charge in [0, 0.05) is 5.69 Å². The Balaban J connectivity index is 2.28. The SMILES string of the molecule is CNS(=O)(=O)c1ccc(S(=O)(=O)Nc2ccc(C)cc2)cc1. The van der Waals surface area contributed by atoms with Gasteiger partial charge >= 0.3 is 0 Å². The Morgan fingerprint density at radius 1 is 0.727 bits per heavy atom. The van der Waals surface area contributed by atoms with Crippen molar-refractivity contribution in [3.63, 3.8) is 0 Å². The Morgan fingerprint density at radius 3 is 1.64 bits per heavy atom. The zero-order valence-corrected chi connectivity index (χ0v) is 13.7. The van der Waals surface area contributed by atoms with Gasteiger partial charge in [0.25, 0.3) is 10.0 Å². The summed E-state index contributed by atoms with van der Waals surface area (Å²) < 4.78 is 52.3. The van der Waals surface area contributed by atoms with Crippen LogP contribution in [0, 0.1) is 6.92 Å². The lowest BCUT2D eigenvalue weighted by atomic mass is 10.2. The van der Waals surface area contributed by atoms with Gasteiger partial charge in [-0.25, -0.2) is 21.6 Å². The standard InChI is InChI=1S/C14H16N2O4S2/c1-11-3-5-12(6-4-11)16-22(19,20)14-9-7-13(8-10-14)21(17,18)15-2/h3-10,15-16H,1-2H3. The van der Waals surface area contributed by atoms with Crippen LogP contribution in [0.4, 0.5) is 5.69 Å². The fraction of sp³-hybridized carbons (Fsp3) is 0.143. The minimum absolute atomic E-state index is 0.00397. The molecule has 0 aliphatic rings.